The van der Waals surface area contributed by atoms with Crippen LogP contribution in [0.15, 0.2) is 65.6 Å². The molecule has 2 aliphatic rings. The normalized spacial score (nSPS) is 15.3. The number of hydrogen-bond donors (Lipinski definition) is 1. The van der Waals surface area contributed by atoms with E-state index in [1.54, 1.807) is 42.5 Å². The van der Waals surface area contributed by atoms with Crippen LogP contribution in [0.3, 0.4) is 0 Å². The number of thioether (sulfide) groups is 1. The molecule has 1 saturated heterocycles. The molecule has 5 rings (SSSR count). The zero-order valence-corrected chi connectivity index (χ0v) is 21.6. The molecule has 0 saturated carbocycles. The molecule has 3 aromatic carbocycles. The molecule has 0 spiro atoms. The number of nitrogens with one attached hydrogen (secondary N) is 1. The molecule has 2 amide bonds. The fourth-order valence-corrected chi connectivity index (χ4v) is 5.10. The first-order chi connectivity index (χ1) is 17.9. The largest absolute Gasteiger partial charge is 0.493 e. The minimum Gasteiger partial charge on any atom is -0.493 e. The van der Waals surface area contributed by atoms with Crippen LogP contribution in [-0.4, -0.2) is 36.6 Å². The van der Waals surface area contributed by atoms with E-state index < -0.39 is 0 Å². The summed E-state index contributed by atoms with van der Waals surface area (Å²) in [5.74, 6) is 1.53. The Balaban J connectivity index is 1.28. The Kier molecular flexibility index (Phi) is 7.02. The van der Waals surface area contributed by atoms with Crippen LogP contribution in [-0.2, 0) is 9.59 Å². The maximum absolute atomic E-state index is 13.2. The van der Waals surface area contributed by atoms with Gasteiger partial charge in [-0.15, -0.1) is 0 Å². The van der Waals surface area contributed by atoms with E-state index in [4.69, 9.17) is 31.2 Å². The van der Waals surface area contributed by atoms with Gasteiger partial charge in [-0.1, -0.05) is 48.2 Å². The third-order valence-electron chi connectivity index (χ3n) is 5.67. The van der Waals surface area contributed by atoms with Crippen LogP contribution < -0.4 is 29.2 Å². The summed E-state index contributed by atoms with van der Waals surface area (Å²) in [6.45, 7) is 1.88. The van der Waals surface area contributed by atoms with E-state index in [0.29, 0.717) is 37.9 Å². The van der Waals surface area contributed by atoms with Gasteiger partial charge in [0.1, 0.15) is 0 Å². The van der Waals surface area contributed by atoms with Crippen molar-refractivity contribution < 1.29 is 28.5 Å². The lowest BCUT2D eigenvalue weighted by Crippen LogP contribution is -2.27. The van der Waals surface area contributed by atoms with Gasteiger partial charge in [-0.2, -0.15) is 0 Å². The molecule has 2 heterocycles. The number of amides is 2. The van der Waals surface area contributed by atoms with Crippen molar-refractivity contribution in [1.29, 1.82) is 0 Å². The maximum atomic E-state index is 13.2. The molecule has 8 nitrogen and oxygen atoms in total. The van der Waals surface area contributed by atoms with Gasteiger partial charge >= 0.3 is 0 Å². The Morgan fingerprint density at radius 2 is 1.92 bits per heavy atom. The van der Waals surface area contributed by atoms with E-state index in [1.165, 1.54) is 23.8 Å². The van der Waals surface area contributed by atoms with Crippen molar-refractivity contribution in [2.75, 3.05) is 30.7 Å². The molecule has 0 aliphatic carbocycles. The summed E-state index contributed by atoms with van der Waals surface area (Å²) in [7, 11) is 1.51. The van der Waals surface area contributed by atoms with Crippen molar-refractivity contribution in [3.05, 3.63) is 76.7 Å². The Labute approximate surface area is 223 Å². The van der Waals surface area contributed by atoms with E-state index in [9.17, 15) is 9.59 Å². The van der Waals surface area contributed by atoms with Gasteiger partial charge in [0.15, 0.2) is 33.9 Å². The number of para-hydroxylation sites is 1. The van der Waals surface area contributed by atoms with Gasteiger partial charge in [0.05, 0.1) is 17.7 Å². The van der Waals surface area contributed by atoms with Crippen molar-refractivity contribution in [3.63, 3.8) is 0 Å². The average molecular weight is 535 g/mol. The van der Waals surface area contributed by atoms with E-state index in [0.717, 1.165) is 16.8 Å². The number of methoxy groups -OCH3 is 1. The second-order valence-electron chi connectivity index (χ2n) is 8.12. The number of anilines is 2. The topological polar surface area (TPSA) is 86.3 Å². The third-order valence-corrected chi connectivity index (χ3v) is 6.97. The lowest BCUT2D eigenvalue weighted by Gasteiger charge is -2.14. The van der Waals surface area contributed by atoms with Crippen molar-refractivity contribution in [1.82, 2.24) is 0 Å². The highest BCUT2D eigenvalue weighted by molar-refractivity contribution is 8.27. The molecule has 0 unspecified atom stereocenters. The zero-order valence-electron chi connectivity index (χ0n) is 20.0. The lowest BCUT2D eigenvalue weighted by atomic mass is 10.1. The fourth-order valence-electron chi connectivity index (χ4n) is 3.80. The Bertz CT molecular complexity index is 1440. The molecule has 1 fully saturated rings. The van der Waals surface area contributed by atoms with Gasteiger partial charge in [-0.3, -0.25) is 14.5 Å². The molecular weight excluding hydrogens is 512 g/mol. The average Bonchev–Trinajstić information content (AvgIpc) is 3.47. The number of rotatable bonds is 7. The highest BCUT2D eigenvalue weighted by Crippen LogP contribution is 2.41. The fraction of sp³-hybridized carbons (Fsp3) is 0.148. The lowest BCUT2D eigenvalue weighted by molar-refractivity contribution is -0.118. The molecule has 10 heteroatoms. The molecule has 1 N–H and O–H groups in total. The summed E-state index contributed by atoms with van der Waals surface area (Å²) in [5.41, 5.74) is 3.03. The molecule has 3 aromatic rings. The van der Waals surface area contributed by atoms with Crippen LogP contribution in [0.2, 0.25) is 0 Å². The van der Waals surface area contributed by atoms with E-state index in [-0.39, 0.29) is 25.2 Å². The van der Waals surface area contributed by atoms with Crippen molar-refractivity contribution >= 4 is 57.6 Å². The number of hydrogen-bond acceptors (Lipinski definition) is 8. The highest BCUT2D eigenvalue weighted by atomic mass is 32.2. The first-order valence-corrected chi connectivity index (χ1v) is 12.5. The van der Waals surface area contributed by atoms with Crippen molar-refractivity contribution in [2.45, 2.75) is 6.92 Å². The van der Waals surface area contributed by atoms with E-state index in [2.05, 4.69) is 5.32 Å². The second kappa shape index (κ2) is 10.5. The standard InChI is InChI=1S/C27H22N2O6S2/c1-16-5-3-4-6-19(16)28-25(30)14-33-20-9-7-17(11-22(20)32-2)12-24-26(31)29(27(36)37-24)18-8-10-21-23(13-18)35-15-34-21/h3-13H,14-15H2,1-2H3,(H,28,30)/b24-12-. The van der Waals surface area contributed by atoms with Gasteiger partial charge in [-0.05, 0) is 54.5 Å². The van der Waals surface area contributed by atoms with Crippen LogP contribution in [0.5, 0.6) is 23.0 Å². The Hall–Kier alpha value is -4.02. The summed E-state index contributed by atoms with van der Waals surface area (Å²) < 4.78 is 22.3. The monoisotopic (exact) mass is 534 g/mol. The molecule has 0 radical (unpaired) electrons. The molecule has 0 atom stereocenters. The van der Waals surface area contributed by atoms with Crippen LogP contribution >= 0.6 is 24.0 Å². The van der Waals surface area contributed by atoms with Crippen LogP contribution in [0, 0.1) is 6.92 Å². The maximum Gasteiger partial charge on any atom is 0.270 e. The number of carbonyl (C=O) groups is 2. The number of carbonyl (C=O) groups excluding carboxylic acids is 2. The van der Waals surface area contributed by atoms with Crippen LogP contribution in [0.1, 0.15) is 11.1 Å². The van der Waals surface area contributed by atoms with E-state index in [1.807, 2.05) is 31.2 Å². The molecular formula is C27H22N2O6S2. The predicted molar refractivity (Wildman–Crippen MR) is 147 cm³/mol. The summed E-state index contributed by atoms with van der Waals surface area (Å²) >= 11 is 6.69. The van der Waals surface area contributed by atoms with Gasteiger partial charge < -0.3 is 24.3 Å². The number of thiocarbonyl (C=S) groups is 1. The number of ether oxygens (including phenoxy) is 4. The highest BCUT2D eigenvalue weighted by Gasteiger charge is 2.34. The zero-order chi connectivity index (χ0) is 25.9. The molecule has 188 valence electrons. The number of benzene rings is 3. The predicted octanol–water partition coefficient (Wildman–Crippen LogP) is 5.16. The van der Waals surface area contributed by atoms with Gasteiger partial charge in [-0.25, -0.2) is 0 Å². The van der Waals surface area contributed by atoms with E-state index >= 15 is 0 Å². The van der Waals surface area contributed by atoms with Gasteiger partial charge in [0, 0.05) is 11.8 Å². The third kappa shape index (κ3) is 5.25. The number of aryl methyl sites for hydroxylation is 1. The summed E-state index contributed by atoms with van der Waals surface area (Å²) in [6.07, 6.45) is 1.74. The summed E-state index contributed by atoms with van der Waals surface area (Å²) in [4.78, 5) is 27.5. The Morgan fingerprint density at radius 1 is 1.11 bits per heavy atom. The summed E-state index contributed by atoms with van der Waals surface area (Å²) in [5, 5.41) is 2.83. The van der Waals surface area contributed by atoms with Gasteiger partial charge in [0.25, 0.3) is 11.8 Å². The SMILES string of the molecule is COc1cc(/C=C2\SC(=S)N(c3ccc4c(c3)OCO4)C2=O)ccc1OCC(=O)Nc1ccccc1C. The minimum atomic E-state index is -0.285. The quantitative estimate of drug-likeness (QED) is 0.329. The molecule has 2 aliphatic heterocycles. The smallest absolute Gasteiger partial charge is 0.270 e. The van der Waals surface area contributed by atoms with Crippen LogP contribution in [0.25, 0.3) is 6.08 Å². The van der Waals surface area contributed by atoms with Gasteiger partial charge in [0.2, 0.25) is 6.79 Å². The Morgan fingerprint density at radius 3 is 2.73 bits per heavy atom. The second-order valence-corrected chi connectivity index (χ2v) is 9.79. The molecule has 0 aromatic heterocycles. The molecule has 0 bridgehead atoms. The summed E-state index contributed by atoms with van der Waals surface area (Å²) in [6, 6.07) is 18.0. The van der Waals surface area contributed by atoms with Crippen LogP contribution in [0.4, 0.5) is 11.4 Å². The first kappa shape index (κ1) is 24.7. The minimum absolute atomic E-state index is 0.149. The van der Waals surface area contributed by atoms with Crippen molar-refractivity contribution in [2.24, 2.45) is 0 Å². The molecule has 37 heavy (non-hydrogen) atoms. The first-order valence-electron chi connectivity index (χ1n) is 11.3. The number of fused-ring (bicyclic) bond motifs is 1. The van der Waals surface area contributed by atoms with Crippen molar-refractivity contribution in [3.8, 4) is 23.0 Å². The number of nitrogens with zero attached hydrogens (tertiary/aromatic N) is 1.